The third kappa shape index (κ3) is 1.43. The average molecular weight is 239 g/mol. The van der Waals surface area contributed by atoms with E-state index in [2.05, 4.69) is 6.07 Å². The van der Waals surface area contributed by atoms with Crippen molar-refractivity contribution in [1.82, 2.24) is 0 Å². The van der Waals surface area contributed by atoms with Crippen molar-refractivity contribution in [2.24, 2.45) is 0 Å². The Morgan fingerprint density at radius 1 is 1.11 bits per heavy atom. The first-order chi connectivity index (χ1) is 8.76. The van der Waals surface area contributed by atoms with Crippen molar-refractivity contribution in [2.75, 3.05) is 0 Å². The van der Waals surface area contributed by atoms with Crippen LogP contribution in [0.15, 0.2) is 48.5 Å². The van der Waals surface area contributed by atoms with E-state index in [-0.39, 0.29) is 5.82 Å². The highest BCUT2D eigenvalue weighted by Gasteiger charge is 2.42. The molecule has 3 heteroatoms. The molecule has 0 radical (unpaired) electrons. The average Bonchev–Trinajstić information content (AvgIpc) is 2.80. The van der Waals surface area contributed by atoms with Crippen LogP contribution >= 0.6 is 0 Å². The fourth-order valence-corrected chi connectivity index (χ4v) is 2.33. The zero-order chi connectivity index (χ0) is 12.6. The zero-order valence-corrected chi connectivity index (χ0v) is 9.56. The quantitative estimate of drug-likeness (QED) is 0.766. The number of hydrogen-bond donors (Lipinski definition) is 0. The van der Waals surface area contributed by atoms with Gasteiger partial charge in [0.1, 0.15) is 11.9 Å². The summed E-state index contributed by atoms with van der Waals surface area (Å²) in [6.07, 6.45) is 0. The molecule has 2 aromatic carbocycles. The van der Waals surface area contributed by atoms with Gasteiger partial charge in [-0.2, -0.15) is 5.26 Å². The summed E-state index contributed by atoms with van der Waals surface area (Å²) in [5, 5.41) is 9.52. The maximum absolute atomic E-state index is 13.0. The van der Waals surface area contributed by atoms with Crippen LogP contribution in [-0.4, -0.2) is 0 Å². The minimum absolute atomic E-state index is 0.321. The van der Waals surface area contributed by atoms with Gasteiger partial charge in [-0.15, -0.1) is 0 Å². The van der Waals surface area contributed by atoms with Gasteiger partial charge >= 0.3 is 0 Å². The van der Waals surface area contributed by atoms with Gasteiger partial charge in [0.15, 0.2) is 0 Å². The van der Waals surface area contributed by atoms with Gasteiger partial charge in [0.05, 0.1) is 6.61 Å². The van der Waals surface area contributed by atoms with Crippen LogP contribution in [0.1, 0.15) is 16.7 Å². The van der Waals surface area contributed by atoms with Crippen LogP contribution in [0.4, 0.5) is 4.39 Å². The van der Waals surface area contributed by atoms with Crippen LogP contribution in [-0.2, 0) is 16.9 Å². The zero-order valence-electron chi connectivity index (χ0n) is 9.56. The van der Waals surface area contributed by atoms with Gasteiger partial charge < -0.3 is 4.74 Å². The highest BCUT2D eigenvalue weighted by Crippen LogP contribution is 2.41. The van der Waals surface area contributed by atoms with Crippen molar-refractivity contribution in [1.29, 1.82) is 5.26 Å². The summed E-state index contributed by atoms with van der Waals surface area (Å²) in [4.78, 5) is 0. The smallest absolute Gasteiger partial charge is 0.205 e. The van der Waals surface area contributed by atoms with E-state index in [0.29, 0.717) is 12.2 Å². The molecule has 2 nitrogen and oxygen atoms in total. The van der Waals surface area contributed by atoms with E-state index in [0.717, 1.165) is 11.1 Å². The Bertz CT molecular complexity index is 630. The van der Waals surface area contributed by atoms with Gasteiger partial charge in [-0.3, -0.25) is 0 Å². The molecule has 0 aliphatic carbocycles. The monoisotopic (exact) mass is 239 g/mol. The summed E-state index contributed by atoms with van der Waals surface area (Å²) in [6.45, 7) is 0.404. The maximum Gasteiger partial charge on any atom is 0.205 e. The third-order valence-corrected chi connectivity index (χ3v) is 3.25. The Morgan fingerprint density at radius 2 is 1.83 bits per heavy atom. The molecule has 0 N–H and O–H groups in total. The molecule has 3 rings (SSSR count). The summed E-state index contributed by atoms with van der Waals surface area (Å²) >= 11 is 0. The Labute approximate surface area is 104 Å². The van der Waals surface area contributed by atoms with Crippen LogP contribution in [0.2, 0.25) is 0 Å². The van der Waals surface area contributed by atoms with E-state index < -0.39 is 5.60 Å². The number of hydrogen-bond acceptors (Lipinski definition) is 2. The van der Waals surface area contributed by atoms with Crippen LogP contribution in [0.5, 0.6) is 0 Å². The van der Waals surface area contributed by atoms with Crippen molar-refractivity contribution in [2.45, 2.75) is 12.2 Å². The molecular formula is C15H10FNO. The standard InChI is InChI=1S/C15H10FNO/c16-13-7-5-12(6-8-13)15(10-17)14-4-2-1-3-11(14)9-18-15/h1-8H,9H2. The van der Waals surface area contributed by atoms with Crippen molar-refractivity contribution in [3.05, 3.63) is 71.0 Å². The van der Waals surface area contributed by atoms with Gasteiger partial charge in [0.25, 0.3) is 0 Å². The molecule has 1 aliphatic heterocycles. The van der Waals surface area contributed by atoms with Crippen molar-refractivity contribution >= 4 is 0 Å². The minimum Gasteiger partial charge on any atom is -0.347 e. The van der Waals surface area contributed by atoms with Crippen molar-refractivity contribution < 1.29 is 9.13 Å². The molecule has 18 heavy (non-hydrogen) atoms. The SMILES string of the molecule is N#CC1(c2ccc(F)cc2)OCc2ccccc21. The molecule has 0 aromatic heterocycles. The fourth-order valence-electron chi connectivity index (χ4n) is 2.33. The lowest BCUT2D eigenvalue weighted by Crippen LogP contribution is -2.24. The summed E-state index contributed by atoms with van der Waals surface area (Å²) in [5.74, 6) is -0.321. The van der Waals surface area contributed by atoms with E-state index in [1.807, 2.05) is 24.3 Å². The Kier molecular flexibility index (Phi) is 2.39. The topological polar surface area (TPSA) is 33.0 Å². The van der Waals surface area contributed by atoms with Crippen LogP contribution in [0.25, 0.3) is 0 Å². The molecule has 0 amide bonds. The number of halogens is 1. The molecule has 0 fully saturated rings. The molecule has 88 valence electrons. The first kappa shape index (κ1) is 10.9. The van der Waals surface area contributed by atoms with Gasteiger partial charge in [0.2, 0.25) is 5.60 Å². The van der Waals surface area contributed by atoms with E-state index >= 15 is 0 Å². The normalized spacial score (nSPS) is 21.3. The molecule has 2 aromatic rings. The molecule has 1 aliphatic rings. The van der Waals surface area contributed by atoms with Crippen LogP contribution in [0, 0.1) is 17.1 Å². The van der Waals surface area contributed by atoms with Gasteiger partial charge in [-0.05, 0) is 17.7 Å². The second kappa shape index (κ2) is 3.94. The van der Waals surface area contributed by atoms with E-state index in [9.17, 15) is 9.65 Å². The lowest BCUT2D eigenvalue weighted by molar-refractivity contribution is 0.0387. The molecule has 1 unspecified atom stereocenters. The molecule has 0 saturated heterocycles. The predicted octanol–water partition coefficient (Wildman–Crippen LogP) is 3.12. The first-order valence-corrected chi connectivity index (χ1v) is 5.66. The second-order valence-corrected chi connectivity index (χ2v) is 4.25. The fraction of sp³-hybridized carbons (Fsp3) is 0.133. The van der Waals surface area contributed by atoms with E-state index in [4.69, 9.17) is 4.74 Å². The van der Waals surface area contributed by atoms with Crippen LogP contribution < -0.4 is 0 Å². The Morgan fingerprint density at radius 3 is 2.56 bits per heavy atom. The lowest BCUT2D eigenvalue weighted by Gasteiger charge is -2.21. The van der Waals surface area contributed by atoms with Crippen molar-refractivity contribution in [3.63, 3.8) is 0 Å². The second-order valence-electron chi connectivity index (χ2n) is 4.25. The summed E-state index contributed by atoms with van der Waals surface area (Å²) in [7, 11) is 0. The summed E-state index contributed by atoms with van der Waals surface area (Å²) in [5.41, 5.74) is 1.41. The largest absolute Gasteiger partial charge is 0.347 e. The molecule has 0 saturated carbocycles. The Balaban J connectivity index is 2.19. The van der Waals surface area contributed by atoms with E-state index in [1.165, 1.54) is 12.1 Å². The third-order valence-electron chi connectivity index (χ3n) is 3.25. The minimum atomic E-state index is -1.11. The molecule has 1 atom stereocenters. The summed E-state index contributed by atoms with van der Waals surface area (Å²) in [6, 6.07) is 15.7. The van der Waals surface area contributed by atoms with E-state index in [1.54, 1.807) is 12.1 Å². The number of nitrogens with zero attached hydrogens (tertiary/aromatic N) is 1. The highest BCUT2D eigenvalue weighted by molar-refractivity contribution is 5.48. The van der Waals surface area contributed by atoms with Gasteiger partial charge in [-0.25, -0.2) is 4.39 Å². The molecular weight excluding hydrogens is 229 g/mol. The number of ether oxygens (including phenoxy) is 1. The maximum atomic E-state index is 13.0. The number of fused-ring (bicyclic) bond motifs is 1. The van der Waals surface area contributed by atoms with Gasteiger partial charge in [0, 0.05) is 11.1 Å². The lowest BCUT2D eigenvalue weighted by atomic mass is 9.87. The Hall–Kier alpha value is -2.18. The van der Waals surface area contributed by atoms with Crippen LogP contribution in [0.3, 0.4) is 0 Å². The highest BCUT2D eigenvalue weighted by atomic mass is 19.1. The van der Waals surface area contributed by atoms with Gasteiger partial charge in [-0.1, -0.05) is 36.4 Å². The molecule has 1 heterocycles. The molecule has 0 bridgehead atoms. The first-order valence-electron chi connectivity index (χ1n) is 5.66. The summed E-state index contributed by atoms with van der Waals surface area (Å²) < 4.78 is 18.7. The number of nitriles is 1. The predicted molar refractivity (Wildman–Crippen MR) is 64.0 cm³/mol. The molecule has 0 spiro atoms. The number of benzene rings is 2. The van der Waals surface area contributed by atoms with Crippen molar-refractivity contribution in [3.8, 4) is 6.07 Å². The number of rotatable bonds is 1.